The number of hydrogen-bond acceptors (Lipinski definition) is 5. The maximum absolute atomic E-state index is 12.7. The second-order valence-electron chi connectivity index (χ2n) is 6.24. The van der Waals surface area contributed by atoms with Gasteiger partial charge < -0.3 is 20.6 Å². The first-order chi connectivity index (χ1) is 11.5. The molecule has 3 heterocycles. The standard InChI is InChI=1S/C16H20N4O4/c1-17-13-10(3-2-6-18-13)14(22)20-7-4-16(5-8-20)11(15(23)24)9-12(21)19-16/h2-3,6,11H,4-5,7-9H2,1H3,(H,17,18)(H,19,21)(H,23,24)/t11-/m0/s1. The minimum atomic E-state index is -0.960. The van der Waals surface area contributed by atoms with Gasteiger partial charge in [-0.1, -0.05) is 0 Å². The van der Waals surface area contributed by atoms with Gasteiger partial charge in [-0.3, -0.25) is 14.4 Å². The number of piperidine rings is 1. The fraction of sp³-hybridized carbons (Fsp3) is 0.500. The molecule has 2 saturated heterocycles. The van der Waals surface area contributed by atoms with Crippen molar-refractivity contribution in [1.29, 1.82) is 0 Å². The second kappa shape index (κ2) is 6.10. The molecular formula is C16H20N4O4. The number of carboxylic acids is 1. The van der Waals surface area contributed by atoms with Gasteiger partial charge in [0.15, 0.2) is 0 Å². The predicted octanol–water partition coefficient (Wildman–Crippen LogP) is 0.319. The number of rotatable bonds is 3. The van der Waals surface area contributed by atoms with E-state index in [1.165, 1.54) is 0 Å². The van der Waals surface area contributed by atoms with Gasteiger partial charge >= 0.3 is 5.97 Å². The number of anilines is 1. The van der Waals surface area contributed by atoms with E-state index in [-0.39, 0.29) is 18.2 Å². The number of nitrogens with zero attached hydrogens (tertiary/aromatic N) is 2. The summed E-state index contributed by atoms with van der Waals surface area (Å²) in [4.78, 5) is 41.7. The van der Waals surface area contributed by atoms with Gasteiger partial charge in [0.25, 0.3) is 5.91 Å². The van der Waals surface area contributed by atoms with Crippen LogP contribution in [0.4, 0.5) is 5.82 Å². The molecular weight excluding hydrogens is 312 g/mol. The molecule has 2 aliphatic heterocycles. The molecule has 3 N–H and O–H groups in total. The van der Waals surface area contributed by atoms with E-state index in [9.17, 15) is 19.5 Å². The Morgan fingerprint density at radius 2 is 2.12 bits per heavy atom. The molecule has 24 heavy (non-hydrogen) atoms. The molecule has 0 radical (unpaired) electrons. The summed E-state index contributed by atoms with van der Waals surface area (Å²) in [6.45, 7) is 0.807. The normalized spacial score (nSPS) is 22.3. The summed E-state index contributed by atoms with van der Waals surface area (Å²) in [6, 6.07) is 3.42. The van der Waals surface area contributed by atoms with Crippen LogP contribution in [0, 0.1) is 5.92 Å². The zero-order valence-corrected chi connectivity index (χ0v) is 13.4. The van der Waals surface area contributed by atoms with Crippen LogP contribution in [0.15, 0.2) is 18.3 Å². The van der Waals surface area contributed by atoms with E-state index in [1.807, 2.05) is 0 Å². The van der Waals surface area contributed by atoms with E-state index in [2.05, 4.69) is 15.6 Å². The van der Waals surface area contributed by atoms with Crippen LogP contribution in [0.1, 0.15) is 29.6 Å². The molecule has 2 aliphatic rings. The number of aromatic nitrogens is 1. The van der Waals surface area contributed by atoms with Crippen molar-refractivity contribution < 1.29 is 19.5 Å². The van der Waals surface area contributed by atoms with E-state index in [1.54, 1.807) is 30.3 Å². The van der Waals surface area contributed by atoms with Crippen LogP contribution in [0.25, 0.3) is 0 Å². The number of hydrogen-bond donors (Lipinski definition) is 3. The fourth-order valence-corrected chi connectivity index (χ4v) is 3.65. The Balaban J connectivity index is 1.74. The van der Waals surface area contributed by atoms with Gasteiger partial charge in [-0.2, -0.15) is 0 Å². The van der Waals surface area contributed by atoms with Gasteiger partial charge in [-0.15, -0.1) is 0 Å². The highest BCUT2D eigenvalue weighted by molar-refractivity contribution is 5.98. The molecule has 0 bridgehead atoms. The van der Waals surface area contributed by atoms with Gasteiger partial charge in [-0.05, 0) is 25.0 Å². The summed E-state index contributed by atoms with van der Waals surface area (Å²) in [5, 5.41) is 15.1. The number of aliphatic carboxylic acids is 1. The van der Waals surface area contributed by atoms with Crippen molar-refractivity contribution in [2.45, 2.75) is 24.8 Å². The molecule has 8 nitrogen and oxygen atoms in total. The Hall–Kier alpha value is -2.64. The number of carbonyl (C=O) groups is 3. The van der Waals surface area contributed by atoms with Crippen LogP contribution in [0.3, 0.4) is 0 Å². The largest absolute Gasteiger partial charge is 0.481 e. The van der Waals surface area contributed by atoms with Crippen LogP contribution in [0.2, 0.25) is 0 Å². The quantitative estimate of drug-likeness (QED) is 0.735. The van der Waals surface area contributed by atoms with Crippen LogP contribution in [-0.4, -0.2) is 58.5 Å². The van der Waals surface area contributed by atoms with E-state index < -0.39 is 17.4 Å². The number of nitrogens with one attached hydrogen (secondary N) is 2. The smallest absolute Gasteiger partial charge is 0.309 e. The number of amides is 2. The van der Waals surface area contributed by atoms with Gasteiger partial charge in [-0.25, -0.2) is 4.98 Å². The third kappa shape index (κ3) is 2.68. The van der Waals surface area contributed by atoms with Crippen molar-refractivity contribution in [2.24, 2.45) is 5.92 Å². The van der Waals surface area contributed by atoms with E-state index in [4.69, 9.17) is 0 Å². The van der Waals surface area contributed by atoms with E-state index in [0.29, 0.717) is 37.3 Å². The van der Waals surface area contributed by atoms with Crippen molar-refractivity contribution in [3.8, 4) is 0 Å². The fourth-order valence-electron chi connectivity index (χ4n) is 3.65. The number of likely N-dealkylation sites (tertiary alicyclic amines) is 1. The maximum atomic E-state index is 12.7. The lowest BCUT2D eigenvalue weighted by Gasteiger charge is -2.41. The molecule has 0 saturated carbocycles. The van der Waals surface area contributed by atoms with Crippen LogP contribution < -0.4 is 10.6 Å². The minimum absolute atomic E-state index is 0.00971. The van der Waals surface area contributed by atoms with E-state index in [0.717, 1.165) is 0 Å². The Kier molecular flexibility index (Phi) is 4.13. The van der Waals surface area contributed by atoms with Crippen LogP contribution in [0.5, 0.6) is 0 Å². The van der Waals surface area contributed by atoms with E-state index >= 15 is 0 Å². The molecule has 0 aliphatic carbocycles. The molecule has 0 unspecified atom stereocenters. The first-order valence-electron chi connectivity index (χ1n) is 7.93. The van der Waals surface area contributed by atoms with Crippen LogP contribution >= 0.6 is 0 Å². The molecule has 1 aromatic rings. The zero-order valence-electron chi connectivity index (χ0n) is 13.4. The molecule has 1 aromatic heterocycles. The average molecular weight is 332 g/mol. The van der Waals surface area contributed by atoms with Crippen molar-refractivity contribution in [1.82, 2.24) is 15.2 Å². The minimum Gasteiger partial charge on any atom is -0.481 e. The van der Waals surface area contributed by atoms with Crippen LogP contribution in [-0.2, 0) is 9.59 Å². The highest BCUT2D eigenvalue weighted by atomic mass is 16.4. The average Bonchev–Trinajstić information content (AvgIpc) is 2.91. The van der Waals surface area contributed by atoms with Crippen molar-refractivity contribution in [3.63, 3.8) is 0 Å². The second-order valence-corrected chi connectivity index (χ2v) is 6.24. The van der Waals surface area contributed by atoms with Gasteiger partial charge in [0.05, 0.1) is 17.0 Å². The molecule has 0 aromatic carbocycles. The summed E-state index contributed by atoms with van der Waals surface area (Å²) < 4.78 is 0. The lowest BCUT2D eigenvalue weighted by Crippen LogP contribution is -2.56. The summed E-state index contributed by atoms with van der Waals surface area (Å²) >= 11 is 0. The van der Waals surface area contributed by atoms with Gasteiger partial charge in [0.1, 0.15) is 5.82 Å². The zero-order chi connectivity index (χ0) is 17.3. The first-order valence-corrected chi connectivity index (χ1v) is 7.93. The summed E-state index contributed by atoms with van der Waals surface area (Å²) in [6.07, 6.45) is 2.50. The Morgan fingerprint density at radius 1 is 1.42 bits per heavy atom. The summed E-state index contributed by atoms with van der Waals surface area (Å²) in [5.41, 5.74) is -0.248. The number of carboxylic acid groups (broad SMARTS) is 1. The molecule has 2 amide bonds. The molecule has 2 fully saturated rings. The lowest BCUT2D eigenvalue weighted by atomic mass is 9.77. The topological polar surface area (TPSA) is 112 Å². The molecule has 3 rings (SSSR count). The molecule has 128 valence electrons. The molecule has 8 heteroatoms. The molecule has 1 spiro atoms. The SMILES string of the molecule is CNc1ncccc1C(=O)N1CCC2(CC1)NC(=O)C[C@H]2C(=O)O. The van der Waals surface area contributed by atoms with Crippen molar-refractivity contribution in [3.05, 3.63) is 23.9 Å². The summed E-state index contributed by atoms with van der Waals surface area (Å²) in [7, 11) is 1.70. The highest BCUT2D eigenvalue weighted by Gasteiger charge is 2.52. The Bertz CT molecular complexity index is 682. The monoisotopic (exact) mass is 332 g/mol. The lowest BCUT2D eigenvalue weighted by molar-refractivity contribution is -0.144. The third-order valence-electron chi connectivity index (χ3n) is 4.96. The predicted molar refractivity (Wildman–Crippen MR) is 85.5 cm³/mol. The highest BCUT2D eigenvalue weighted by Crippen LogP contribution is 2.37. The van der Waals surface area contributed by atoms with Gasteiger partial charge in [0, 0.05) is 32.8 Å². The Morgan fingerprint density at radius 3 is 2.75 bits per heavy atom. The number of pyridine rings is 1. The molecule has 1 atom stereocenters. The van der Waals surface area contributed by atoms with Gasteiger partial charge in [0.2, 0.25) is 5.91 Å². The summed E-state index contributed by atoms with van der Waals surface area (Å²) in [5.74, 6) is -1.54. The Labute approximate surface area is 139 Å². The van der Waals surface area contributed by atoms with Crippen molar-refractivity contribution >= 4 is 23.6 Å². The maximum Gasteiger partial charge on any atom is 0.309 e. The number of carbonyl (C=O) groups excluding carboxylic acids is 2. The van der Waals surface area contributed by atoms with Crippen molar-refractivity contribution in [2.75, 3.05) is 25.5 Å². The third-order valence-corrected chi connectivity index (χ3v) is 4.96. The first kappa shape index (κ1) is 16.2.